The van der Waals surface area contributed by atoms with Crippen LogP contribution >= 0.6 is 0 Å². The van der Waals surface area contributed by atoms with Crippen molar-refractivity contribution in [3.63, 3.8) is 0 Å². The monoisotopic (exact) mass is 264 g/mol. The number of anilines is 1. The molecule has 0 radical (unpaired) electrons. The summed E-state index contributed by atoms with van der Waals surface area (Å²) in [5.41, 5.74) is 2.39. The van der Waals surface area contributed by atoms with Crippen molar-refractivity contribution in [3.8, 4) is 5.75 Å². The van der Waals surface area contributed by atoms with Crippen molar-refractivity contribution in [1.82, 2.24) is 5.32 Å². The first-order valence-electron chi connectivity index (χ1n) is 7.14. The van der Waals surface area contributed by atoms with Gasteiger partial charge in [0.2, 0.25) is 0 Å². The molecule has 0 aromatic heterocycles. The molecule has 0 heterocycles. The minimum atomic E-state index is 0.191. The summed E-state index contributed by atoms with van der Waals surface area (Å²) in [5.74, 6) is 0.962. The molecule has 1 aromatic carbocycles. The van der Waals surface area contributed by atoms with Crippen molar-refractivity contribution in [3.05, 3.63) is 23.8 Å². The van der Waals surface area contributed by atoms with Gasteiger partial charge < -0.3 is 15.0 Å². The summed E-state index contributed by atoms with van der Waals surface area (Å²) in [7, 11) is 4.08. The lowest BCUT2D eigenvalue weighted by Crippen LogP contribution is -2.24. The van der Waals surface area contributed by atoms with Gasteiger partial charge in [-0.25, -0.2) is 0 Å². The number of nitrogens with one attached hydrogen (secondary N) is 1. The quantitative estimate of drug-likeness (QED) is 0.816. The van der Waals surface area contributed by atoms with E-state index in [0.717, 1.165) is 24.4 Å². The Hall–Kier alpha value is -1.22. The van der Waals surface area contributed by atoms with Crippen LogP contribution in [0.5, 0.6) is 5.75 Å². The van der Waals surface area contributed by atoms with Gasteiger partial charge in [-0.15, -0.1) is 0 Å². The number of benzene rings is 1. The molecule has 1 rings (SSSR count). The van der Waals surface area contributed by atoms with Crippen LogP contribution in [0.1, 0.15) is 39.7 Å². The number of hydrogen-bond donors (Lipinski definition) is 1. The smallest absolute Gasteiger partial charge is 0.143 e. The fourth-order valence-corrected chi connectivity index (χ4v) is 1.82. The van der Waals surface area contributed by atoms with Crippen molar-refractivity contribution >= 4 is 5.69 Å². The van der Waals surface area contributed by atoms with E-state index in [1.54, 1.807) is 0 Å². The molecule has 1 aromatic rings. The highest BCUT2D eigenvalue weighted by molar-refractivity contribution is 5.59. The van der Waals surface area contributed by atoms with Gasteiger partial charge in [-0.1, -0.05) is 13.0 Å². The van der Waals surface area contributed by atoms with Crippen LogP contribution in [0.4, 0.5) is 5.69 Å². The highest BCUT2D eigenvalue weighted by Crippen LogP contribution is 2.29. The number of rotatable bonds is 7. The van der Waals surface area contributed by atoms with Gasteiger partial charge in [-0.3, -0.25) is 0 Å². The summed E-state index contributed by atoms with van der Waals surface area (Å²) in [5, 5.41) is 3.51. The van der Waals surface area contributed by atoms with Gasteiger partial charge in [0.05, 0.1) is 11.8 Å². The molecular weight excluding hydrogens is 236 g/mol. The van der Waals surface area contributed by atoms with Crippen molar-refractivity contribution in [2.45, 2.75) is 52.8 Å². The molecule has 0 bridgehead atoms. The molecule has 1 unspecified atom stereocenters. The van der Waals surface area contributed by atoms with E-state index < -0.39 is 0 Å². The van der Waals surface area contributed by atoms with Crippen molar-refractivity contribution < 1.29 is 4.74 Å². The lowest BCUT2D eigenvalue weighted by Gasteiger charge is -2.21. The van der Waals surface area contributed by atoms with E-state index in [4.69, 9.17) is 4.74 Å². The SMILES string of the molecule is CCC(C)NCc1ccc(N(C)C)c(OC(C)C)c1. The van der Waals surface area contributed by atoms with E-state index in [9.17, 15) is 0 Å². The molecule has 1 N–H and O–H groups in total. The average Bonchev–Trinajstić information content (AvgIpc) is 2.35. The first-order valence-corrected chi connectivity index (χ1v) is 7.14. The number of nitrogens with zero attached hydrogens (tertiary/aromatic N) is 1. The lowest BCUT2D eigenvalue weighted by atomic mass is 10.1. The van der Waals surface area contributed by atoms with E-state index in [0.29, 0.717) is 6.04 Å². The van der Waals surface area contributed by atoms with Gasteiger partial charge in [-0.05, 0) is 44.9 Å². The highest BCUT2D eigenvalue weighted by atomic mass is 16.5. The summed E-state index contributed by atoms with van der Waals surface area (Å²) in [6.07, 6.45) is 1.34. The molecule has 0 saturated carbocycles. The molecule has 0 aliphatic carbocycles. The van der Waals surface area contributed by atoms with E-state index in [2.05, 4.69) is 56.1 Å². The van der Waals surface area contributed by atoms with E-state index >= 15 is 0 Å². The standard InChI is InChI=1S/C16H28N2O/c1-7-13(4)17-11-14-8-9-15(18(5)6)16(10-14)19-12(2)3/h8-10,12-13,17H,7,11H2,1-6H3. The first kappa shape index (κ1) is 15.8. The van der Waals surface area contributed by atoms with E-state index in [1.165, 1.54) is 5.56 Å². The maximum absolute atomic E-state index is 5.91. The molecule has 0 saturated heterocycles. The Balaban J connectivity index is 2.85. The second-order valence-corrected chi connectivity index (χ2v) is 5.55. The fourth-order valence-electron chi connectivity index (χ4n) is 1.82. The number of hydrogen-bond acceptors (Lipinski definition) is 3. The molecule has 19 heavy (non-hydrogen) atoms. The first-order chi connectivity index (χ1) is 8.93. The second kappa shape index (κ2) is 7.39. The van der Waals surface area contributed by atoms with Gasteiger partial charge in [0.1, 0.15) is 5.75 Å². The van der Waals surface area contributed by atoms with Crippen LogP contribution in [0.2, 0.25) is 0 Å². The van der Waals surface area contributed by atoms with Crippen LogP contribution < -0.4 is 15.0 Å². The Morgan fingerprint density at radius 1 is 1.21 bits per heavy atom. The predicted molar refractivity (Wildman–Crippen MR) is 83.1 cm³/mol. The van der Waals surface area contributed by atoms with Gasteiger partial charge in [0.25, 0.3) is 0 Å². The second-order valence-electron chi connectivity index (χ2n) is 5.55. The Bertz CT molecular complexity index is 388. The normalized spacial score (nSPS) is 12.6. The Morgan fingerprint density at radius 2 is 1.89 bits per heavy atom. The molecule has 0 amide bonds. The topological polar surface area (TPSA) is 24.5 Å². The summed E-state index contributed by atoms with van der Waals surface area (Å²) < 4.78 is 5.91. The molecule has 0 spiro atoms. The Labute approximate surface area is 118 Å². The van der Waals surface area contributed by atoms with Crippen LogP contribution in [0, 0.1) is 0 Å². The zero-order valence-electron chi connectivity index (χ0n) is 13.2. The summed E-state index contributed by atoms with van der Waals surface area (Å²) in [6.45, 7) is 9.41. The van der Waals surface area contributed by atoms with Gasteiger partial charge >= 0.3 is 0 Å². The van der Waals surface area contributed by atoms with Crippen molar-refractivity contribution in [2.75, 3.05) is 19.0 Å². The van der Waals surface area contributed by atoms with Crippen molar-refractivity contribution in [1.29, 1.82) is 0 Å². The van der Waals surface area contributed by atoms with Crippen LogP contribution in [-0.2, 0) is 6.54 Å². The van der Waals surface area contributed by atoms with Crippen LogP contribution in [0.25, 0.3) is 0 Å². The van der Waals surface area contributed by atoms with Crippen LogP contribution in [0.15, 0.2) is 18.2 Å². The lowest BCUT2D eigenvalue weighted by molar-refractivity contribution is 0.243. The molecule has 3 heteroatoms. The minimum Gasteiger partial charge on any atom is -0.489 e. The molecular formula is C16H28N2O. The average molecular weight is 264 g/mol. The maximum atomic E-state index is 5.91. The Morgan fingerprint density at radius 3 is 2.42 bits per heavy atom. The van der Waals surface area contributed by atoms with Crippen molar-refractivity contribution in [2.24, 2.45) is 0 Å². The van der Waals surface area contributed by atoms with Crippen LogP contribution in [0.3, 0.4) is 0 Å². The van der Waals surface area contributed by atoms with Gasteiger partial charge in [0, 0.05) is 26.7 Å². The maximum Gasteiger partial charge on any atom is 0.143 e. The summed E-state index contributed by atoms with van der Waals surface area (Å²) in [6, 6.07) is 6.98. The number of ether oxygens (including phenoxy) is 1. The predicted octanol–water partition coefficient (Wildman–Crippen LogP) is 3.43. The third-order valence-electron chi connectivity index (χ3n) is 3.14. The molecule has 1 atom stereocenters. The minimum absolute atomic E-state index is 0.191. The molecule has 108 valence electrons. The largest absolute Gasteiger partial charge is 0.489 e. The third kappa shape index (κ3) is 5.11. The zero-order valence-corrected chi connectivity index (χ0v) is 13.2. The summed E-state index contributed by atoms with van der Waals surface area (Å²) >= 11 is 0. The van der Waals surface area contributed by atoms with E-state index in [1.807, 2.05) is 14.1 Å². The van der Waals surface area contributed by atoms with E-state index in [-0.39, 0.29) is 6.10 Å². The molecule has 3 nitrogen and oxygen atoms in total. The highest BCUT2D eigenvalue weighted by Gasteiger charge is 2.09. The summed E-state index contributed by atoms with van der Waals surface area (Å²) in [4.78, 5) is 2.09. The molecule has 0 fully saturated rings. The fraction of sp³-hybridized carbons (Fsp3) is 0.625. The Kier molecular flexibility index (Phi) is 6.16. The third-order valence-corrected chi connectivity index (χ3v) is 3.14. The van der Waals surface area contributed by atoms with Gasteiger partial charge in [0.15, 0.2) is 0 Å². The van der Waals surface area contributed by atoms with Crippen LogP contribution in [-0.4, -0.2) is 26.2 Å². The molecule has 0 aliphatic rings. The molecule has 0 aliphatic heterocycles. The van der Waals surface area contributed by atoms with Gasteiger partial charge in [-0.2, -0.15) is 0 Å². The zero-order chi connectivity index (χ0) is 14.4.